The zero-order chi connectivity index (χ0) is 26.1. The zero-order valence-electron chi connectivity index (χ0n) is 20.8. The Morgan fingerprint density at radius 3 is 2.22 bits per heavy atom. The number of carbonyl (C=O) groups excluding carboxylic acids is 2. The molecule has 3 aromatic rings. The summed E-state index contributed by atoms with van der Waals surface area (Å²) < 4.78 is 5.30. The number of benzene rings is 3. The Bertz CT molecular complexity index is 1180. The van der Waals surface area contributed by atoms with Gasteiger partial charge < -0.3 is 15.2 Å². The molecule has 0 aliphatic rings. The van der Waals surface area contributed by atoms with Crippen LogP contribution in [0.15, 0.2) is 78.9 Å². The average Bonchev–Trinajstić information content (AvgIpc) is 2.82. The number of amides is 2. The molecule has 2 amide bonds. The molecule has 3 aromatic carbocycles. The summed E-state index contributed by atoms with van der Waals surface area (Å²) in [5.41, 5.74) is 3.27. The number of nitrogens with one attached hydrogen (secondary N) is 2. The van der Waals surface area contributed by atoms with Crippen LogP contribution in [0.25, 0.3) is 11.1 Å². The van der Waals surface area contributed by atoms with Gasteiger partial charge in [0.2, 0.25) is 0 Å². The van der Waals surface area contributed by atoms with Crippen molar-refractivity contribution in [2.24, 2.45) is 0 Å². The summed E-state index contributed by atoms with van der Waals surface area (Å²) in [6, 6.07) is 23.6. The van der Waals surface area contributed by atoms with Gasteiger partial charge in [-0.25, -0.2) is 4.79 Å². The van der Waals surface area contributed by atoms with Crippen LogP contribution in [0.2, 0.25) is 0 Å². The number of hydrogen-bond donors (Lipinski definition) is 3. The normalized spacial score (nSPS) is 11.9. The van der Waals surface area contributed by atoms with Crippen molar-refractivity contribution < 1.29 is 24.2 Å². The minimum atomic E-state index is -0.955. The first-order valence-electron chi connectivity index (χ1n) is 11.9. The fourth-order valence-electron chi connectivity index (χ4n) is 3.70. The second kappa shape index (κ2) is 12.0. The quantitative estimate of drug-likeness (QED) is 0.347. The van der Waals surface area contributed by atoms with Gasteiger partial charge >= 0.3 is 12.1 Å². The first kappa shape index (κ1) is 26.5. The summed E-state index contributed by atoms with van der Waals surface area (Å²) >= 11 is 0. The lowest BCUT2D eigenvalue weighted by Crippen LogP contribution is -2.36. The van der Waals surface area contributed by atoms with Gasteiger partial charge in [0.15, 0.2) is 0 Å². The molecule has 0 heterocycles. The highest BCUT2D eigenvalue weighted by Gasteiger charge is 2.18. The van der Waals surface area contributed by atoms with Crippen LogP contribution >= 0.6 is 0 Å². The van der Waals surface area contributed by atoms with E-state index >= 15 is 0 Å². The number of hydrogen-bond acceptors (Lipinski definition) is 4. The maximum Gasteiger partial charge on any atom is 0.412 e. The molecule has 0 spiro atoms. The van der Waals surface area contributed by atoms with E-state index in [-0.39, 0.29) is 12.3 Å². The summed E-state index contributed by atoms with van der Waals surface area (Å²) in [5, 5.41) is 14.9. The van der Waals surface area contributed by atoms with Crippen LogP contribution in [0.1, 0.15) is 49.5 Å². The van der Waals surface area contributed by atoms with E-state index in [0.29, 0.717) is 24.1 Å². The largest absolute Gasteiger partial charge is 0.481 e. The van der Waals surface area contributed by atoms with Crippen molar-refractivity contribution in [1.29, 1.82) is 0 Å². The first-order chi connectivity index (χ1) is 17.1. The molecule has 7 nitrogen and oxygen atoms in total. The van der Waals surface area contributed by atoms with Crippen LogP contribution in [-0.4, -0.2) is 34.7 Å². The number of carboxylic acid groups (broad SMARTS) is 1. The lowest BCUT2D eigenvalue weighted by molar-refractivity contribution is -0.137. The standard InChI is InChI=1S/C29H32N2O5/c1-29(2,3)36-28(35)31-24-11-7-10-23(18-24)21-13-15-22(16-14-21)27(34)30-25(19-26(32)33)17-12-20-8-5-4-6-9-20/h4-11,13-16,18,25H,12,17,19H2,1-3H3,(H,30,34)(H,31,35)(H,32,33)/t25-/m0/s1. The van der Waals surface area contributed by atoms with Gasteiger partial charge in [0, 0.05) is 17.3 Å². The second-order valence-corrected chi connectivity index (χ2v) is 9.58. The van der Waals surface area contributed by atoms with Crippen LogP contribution < -0.4 is 10.6 Å². The predicted octanol–water partition coefficient (Wildman–Crippen LogP) is 5.91. The number of aliphatic carboxylic acids is 1. The van der Waals surface area contributed by atoms with E-state index in [0.717, 1.165) is 16.7 Å². The number of anilines is 1. The van der Waals surface area contributed by atoms with Gasteiger partial charge in [-0.2, -0.15) is 0 Å². The van der Waals surface area contributed by atoms with E-state index in [2.05, 4.69) is 10.6 Å². The molecule has 0 unspecified atom stereocenters. The fourth-order valence-corrected chi connectivity index (χ4v) is 3.70. The summed E-state index contributed by atoms with van der Waals surface area (Å²) in [7, 11) is 0. The highest BCUT2D eigenvalue weighted by atomic mass is 16.6. The molecule has 0 bridgehead atoms. The Balaban J connectivity index is 1.64. The smallest absolute Gasteiger partial charge is 0.412 e. The molecule has 1 atom stereocenters. The molecule has 0 aliphatic carbocycles. The van der Waals surface area contributed by atoms with Crippen molar-refractivity contribution in [3.8, 4) is 11.1 Å². The molecule has 0 aliphatic heterocycles. The Kier molecular flexibility index (Phi) is 8.84. The average molecular weight is 489 g/mol. The first-order valence-corrected chi connectivity index (χ1v) is 11.9. The van der Waals surface area contributed by atoms with Crippen molar-refractivity contribution in [1.82, 2.24) is 5.32 Å². The molecule has 0 fully saturated rings. The van der Waals surface area contributed by atoms with Crippen LogP contribution in [0.4, 0.5) is 10.5 Å². The zero-order valence-corrected chi connectivity index (χ0v) is 20.8. The Morgan fingerprint density at radius 2 is 1.58 bits per heavy atom. The van der Waals surface area contributed by atoms with E-state index in [1.54, 1.807) is 39.0 Å². The summed E-state index contributed by atoms with van der Waals surface area (Å²) in [6.07, 6.45) is 0.520. The number of aryl methyl sites for hydroxylation is 1. The van der Waals surface area contributed by atoms with Gasteiger partial charge in [-0.05, 0) is 74.6 Å². The van der Waals surface area contributed by atoms with Crippen molar-refractivity contribution >= 4 is 23.7 Å². The van der Waals surface area contributed by atoms with Crippen molar-refractivity contribution in [2.75, 3.05) is 5.32 Å². The van der Waals surface area contributed by atoms with Gasteiger partial charge in [-0.1, -0.05) is 54.6 Å². The molecular weight excluding hydrogens is 456 g/mol. The third-order valence-corrected chi connectivity index (χ3v) is 5.37. The predicted molar refractivity (Wildman–Crippen MR) is 140 cm³/mol. The highest BCUT2D eigenvalue weighted by molar-refractivity contribution is 5.95. The molecular formula is C29H32N2O5. The summed E-state index contributed by atoms with van der Waals surface area (Å²) in [4.78, 5) is 36.2. The van der Waals surface area contributed by atoms with Gasteiger partial charge in [-0.3, -0.25) is 14.9 Å². The number of carboxylic acids is 1. The molecule has 36 heavy (non-hydrogen) atoms. The number of rotatable bonds is 9. The maximum atomic E-state index is 12.8. The Morgan fingerprint density at radius 1 is 0.889 bits per heavy atom. The van der Waals surface area contributed by atoms with E-state index < -0.39 is 23.7 Å². The van der Waals surface area contributed by atoms with Gasteiger partial charge in [-0.15, -0.1) is 0 Å². The van der Waals surface area contributed by atoms with Gasteiger partial charge in [0.25, 0.3) is 5.91 Å². The topological polar surface area (TPSA) is 105 Å². The lowest BCUT2D eigenvalue weighted by Gasteiger charge is -2.19. The minimum Gasteiger partial charge on any atom is -0.481 e. The van der Waals surface area contributed by atoms with E-state index in [1.807, 2.05) is 60.7 Å². The lowest BCUT2D eigenvalue weighted by atomic mass is 10.0. The monoisotopic (exact) mass is 488 g/mol. The van der Waals surface area contributed by atoms with Crippen molar-refractivity contribution in [3.05, 3.63) is 90.0 Å². The van der Waals surface area contributed by atoms with Gasteiger partial charge in [0.1, 0.15) is 5.60 Å². The van der Waals surface area contributed by atoms with E-state index in [9.17, 15) is 19.5 Å². The summed E-state index contributed by atoms with van der Waals surface area (Å²) in [6.45, 7) is 5.40. The Hall–Kier alpha value is -4.13. The number of carbonyl (C=O) groups is 3. The maximum absolute atomic E-state index is 12.8. The SMILES string of the molecule is CC(C)(C)OC(=O)Nc1cccc(-c2ccc(C(=O)N[C@@H](CCc3ccccc3)CC(=O)O)cc2)c1. The minimum absolute atomic E-state index is 0.145. The van der Waals surface area contributed by atoms with Crippen LogP contribution in [0, 0.1) is 0 Å². The van der Waals surface area contributed by atoms with Crippen LogP contribution in [-0.2, 0) is 16.0 Å². The highest BCUT2D eigenvalue weighted by Crippen LogP contribution is 2.24. The molecule has 0 saturated heterocycles. The summed E-state index contributed by atoms with van der Waals surface area (Å²) in [5.74, 6) is -1.27. The van der Waals surface area contributed by atoms with Crippen LogP contribution in [0.3, 0.4) is 0 Å². The number of ether oxygens (including phenoxy) is 1. The second-order valence-electron chi connectivity index (χ2n) is 9.58. The van der Waals surface area contributed by atoms with Crippen molar-refractivity contribution in [3.63, 3.8) is 0 Å². The molecule has 0 aromatic heterocycles. The molecule has 0 saturated carbocycles. The van der Waals surface area contributed by atoms with Crippen LogP contribution in [0.5, 0.6) is 0 Å². The Labute approximate surface area is 211 Å². The third kappa shape index (κ3) is 8.58. The molecule has 188 valence electrons. The van der Waals surface area contributed by atoms with E-state index in [4.69, 9.17) is 4.74 Å². The van der Waals surface area contributed by atoms with E-state index in [1.165, 1.54) is 0 Å². The molecule has 7 heteroatoms. The molecule has 3 rings (SSSR count). The molecule has 0 radical (unpaired) electrons. The fraction of sp³-hybridized carbons (Fsp3) is 0.276. The molecule has 3 N–H and O–H groups in total. The van der Waals surface area contributed by atoms with Crippen molar-refractivity contribution in [2.45, 2.75) is 51.7 Å². The van der Waals surface area contributed by atoms with Gasteiger partial charge in [0.05, 0.1) is 6.42 Å². The third-order valence-electron chi connectivity index (χ3n) is 5.37.